The van der Waals surface area contributed by atoms with Crippen LogP contribution in [-0.2, 0) is 6.61 Å². The summed E-state index contributed by atoms with van der Waals surface area (Å²) < 4.78 is 10.8. The van der Waals surface area contributed by atoms with Gasteiger partial charge < -0.3 is 14.6 Å². The van der Waals surface area contributed by atoms with Gasteiger partial charge in [0, 0.05) is 5.56 Å². The molecule has 0 atom stereocenters. The van der Waals surface area contributed by atoms with Crippen molar-refractivity contribution < 1.29 is 19.4 Å². The molecule has 19 heavy (non-hydrogen) atoms. The molecule has 0 aromatic heterocycles. The fourth-order valence-corrected chi connectivity index (χ4v) is 1.67. The van der Waals surface area contributed by atoms with Gasteiger partial charge in [0.2, 0.25) is 0 Å². The van der Waals surface area contributed by atoms with Gasteiger partial charge in [-0.2, -0.15) is 0 Å². The minimum Gasteiger partial charge on any atom is -0.496 e. The number of carboxylic acids is 1. The summed E-state index contributed by atoms with van der Waals surface area (Å²) in [6.07, 6.45) is 0. The van der Waals surface area contributed by atoms with Crippen LogP contribution >= 0.6 is 0 Å². The highest BCUT2D eigenvalue weighted by molar-refractivity contribution is 5.88. The van der Waals surface area contributed by atoms with Gasteiger partial charge in [-0.05, 0) is 24.3 Å². The second-order valence-electron chi connectivity index (χ2n) is 3.93. The standard InChI is InChI=1S/C15H14O4/c1-18-14-9-11(15(16)17)7-8-12(14)10-19-13-5-3-2-4-6-13/h2-9H,10H2,1H3,(H,16,17). The number of carbonyl (C=O) groups is 1. The maximum atomic E-state index is 10.9. The van der Waals surface area contributed by atoms with Gasteiger partial charge in [0.05, 0.1) is 12.7 Å². The average molecular weight is 258 g/mol. The molecule has 1 N–H and O–H groups in total. The number of carboxylic acid groups (broad SMARTS) is 1. The zero-order valence-corrected chi connectivity index (χ0v) is 10.5. The van der Waals surface area contributed by atoms with Crippen molar-refractivity contribution in [3.8, 4) is 11.5 Å². The molecule has 4 nitrogen and oxygen atoms in total. The topological polar surface area (TPSA) is 55.8 Å². The summed E-state index contributed by atoms with van der Waals surface area (Å²) in [7, 11) is 1.51. The molecular formula is C15H14O4. The lowest BCUT2D eigenvalue weighted by atomic mass is 10.1. The Balaban J connectivity index is 2.14. The van der Waals surface area contributed by atoms with Crippen molar-refractivity contribution in [1.82, 2.24) is 0 Å². The third-order valence-electron chi connectivity index (χ3n) is 2.67. The lowest BCUT2D eigenvalue weighted by Crippen LogP contribution is -2.02. The third kappa shape index (κ3) is 3.25. The Morgan fingerprint density at radius 1 is 1.16 bits per heavy atom. The molecular weight excluding hydrogens is 244 g/mol. The van der Waals surface area contributed by atoms with E-state index in [0.717, 1.165) is 11.3 Å². The number of hydrogen-bond acceptors (Lipinski definition) is 3. The van der Waals surface area contributed by atoms with Crippen LogP contribution in [0.1, 0.15) is 15.9 Å². The van der Waals surface area contributed by atoms with Crippen LogP contribution in [0.15, 0.2) is 48.5 Å². The first kappa shape index (κ1) is 13.0. The van der Waals surface area contributed by atoms with Crippen molar-refractivity contribution in [3.05, 3.63) is 59.7 Å². The number of hydrogen-bond donors (Lipinski definition) is 1. The van der Waals surface area contributed by atoms with Crippen LogP contribution in [0.25, 0.3) is 0 Å². The quantitative estimate of drug-likeness (QED) is 0.895. The van der Waals surface area contributed by atoms with E-state index in [-0.39, 0.29) is 5.56 Å². The van der Waals surface area contributed by atoms with Crippen molar-refractivity contribution in [2.24, 2.45) is 0 Å². The van der Waals surface area contributed by atoms with E-state index in [4.69, 9.17) is 14.6 Å². The van der Waals surface area contributed by atoms with Crippen LogP contribution in [0, 0.1) is 0 Å². The number of benzene rings is 2. The Bertz CT molecular complexity index is 564. The molecule has 0 heterocycles. The Kier molecular flexibility index (Phi) is 4.03. The normalized spacial score (nSPS) is 9.95. The number of ether oxygens (including phenoxy) is 2. The monoisotopic (exact) mass is 258 g/mol. The zero-order valence-electron chi connectivity index (χ0n) is 10.5. The van der Waals surface area contributed by atoms with Crippen molar-refractivity contribution >= 4 is 5.97 Å². The minimum atomic E-state index is -0.978. The van der Waals surface area contributed by atoms with Crippen LogP contribution in [-0.4, -0.2) is 18.2 Å². The van der Waals surface area contributed by atoms with Gasteiger partial charge in [-0.1, -0.05) is 24.3 Å². The first-order chi connectivity index (χ1) is 9.20. The maximum absolute atomic E-state index is 10.9. The molecule has 0 aliphatic rings. The molecule has 98 valence electrons. The number of methoxy groups -OCH3 is 1. The van der Waals surface area contributed by atoms with Crippen LogP contribution in [0.5, 0.6) is 11.5 Å². The lowest BCUT2D eigenvalue weighted by Gasteiger charge is -2.11. The van der Waals surface area contributed by atoms with E-state index in [1.54, 1.807) is 6.07 Å². The van der Waals surface area contributed by atoms with Gasteiger partial charge in [-0.25, -0.2) is 4.79 Å². The van der Waals surface area contributed by atoms with Gasteiger partial charge in [0.25, 0.3) is 0 Å². The molecule has 0 saturated heterocycles. The molecule has 0 aliphatic carbocycles. The molecule has 0 unspecified atom stereocenters. The first-order valence-electron chi connectivity index (χ1n) is 5.79. The van der Waals surface area contributed by atoms with Crippen LogP contribution in [0.4, 0.5) is 0 Å². The molecule has 2 aromatic carbocycles. The van der Waals surface area contributed by atoms with Crippen LogP contribution < -0.4 is 9.47 Å². The fraction of sp³-hybridized carbons (Fsp3) is 0.133. The van der Waals surface area contributed by atoms with Gasteiger partial charge >= 0.3 is 5.97 Å². The van der Waals surface area contributed by atoms with E-state index in [9.17, 15) is 4.79 Å². The first-order valence-corrected chi connectivity index (χ1v) is 5.79. The predicted molar refractivity (Wildman–Crippen MR) is 70.7 cm³/mol. The second-order valence-corrected chi connectivity index (χ2v) is 3.93. The summed E-state index contributed by atoms with van der Waals surface area (Å²) >= 11 is 0. The van der Waals surface area contributed by atoms with Crippen LogP contribution in [0.2, 0.25) is 0 Å². The SMILES string of the molecule is COc1cc(C(=O)O)ccc1COc1ccccc1. The van der Waals surface area contributed by atoms with E-state index in [2.05, 4.69) is 0 Å². The Morgan fingerprint density at radius 2 is 1.89 bits per heavy atom. The molecule has 0 spiro atoms. The summed E-state index contributed by atoms with van der Waals surface area (Å²) in [6, 6.07) is 14.1. The summed E-state index contributed by atoms with van der Waals surface area (Å²) in [5.74, 6) is 0.288. The lowest BCUT2D eigenvalue weighted by molar-refractivity contribution is 0.0696. The minimum absolute atomic E-state index is 0.195. The van der Waals surface area contributed by atoms with Gasteiger partial charge in [-0.15, -0.1) is 0 Å². The highest BCUT2D eigenvalue weighted by Gasteiger charge is 2.09. The summed E-state index contributed by atoms with van der Waals surface area (Å²) in [5.41, 5.74) is 0.997. The highest BCUT2D eigenvalue weighted by Crippen LogP contribution is 2.22. The van der Waals surface area contributed by atoms with E-state index in [1.807, 2.05) is 30.3 Å². The van der Waals surface area contributed by atoms with Crippen molar-refractivity contribution in [3.63, 3.8) is 0 Å². The average Bonchev–Trinajstić information content (AvgIpc) is 2.45. The number of rotatable bonds is 5. The summed E-state index contributed by atoms with van der Waals surface area (Å²) in [5, 5.41) is 8.92. The predicted octanol–water partition coefficient (Wildman–Crippen LogP) is 2.97. The number of para-hydroxylation sites is 1. The largest absolute Gasteiger partial charge is 0.496 e. The molecule has 0 radical (unpaired) electrons. The van der Waals surface area contributed by atoms with E-state index >= 15 is 0 Å². The van der Waals surface area contributed by atoms with Crippen LogP contribution in [0.3, 0.4) is 0 Å². The van der Waals surface area contributed by atoms with Gasteiger partial charge in [0.15, 0.2) is 0 Å². The molecule has 2 rings (SSSR count). The molecule has 0 amide bonds. The number of aromatic carboxylic acids is 1. The van der Waals surface area contributed by atoms with Gasteiger partial charge in [-0.3, -0.25) is 0 Å². The second kappa shape index (κ2) is 5.91. The van der Waals surface area contributed by atoms with Crippen molar-refractivity contribution in [2.75, 3.05) is 7.11 Å². The zero-order chi connectivity index (χ0) is 13.7. The molecule has 0 saturated carbocycles. The van der Waals surface area contributed by atoms with Crippen molar-refractivity contribution in [2.45, 2.75) is 6.61 Å². The fourth-order valence-electron chi connectivity index (χ4n) is 1.67. The molecule has 2 aromatic rings. The molecule has 0 bridgehead atoms. The Hall–Kier alpha value is -2.49. The molecule has 4 heteroatoms. The molecule has 0 aliphatic heterocycles. The third-order valence-corrected chi connectivity index (χ3v) is 2.67. The molecule has 0 fully saturated rings. The van der Waals surface area contributed by atoms with E-state index in [0.29, 0.717) is 12.4 Å². The van der Waals surface area contributed by atoms with Crippen molar-refractivity contribution in [1.29, 1.82) is 0 Å². The Labute approximate surface area is 111 Å². The highest BCUT2D eigenvalue weighted by atomic mass is 16.5. The smallest absolute Gasteiger partial charge is 0.335 e. The van der Waals surface area contributed by atoms with E-state index in [1.165, 1.54) is 19.2 Å². The van der Waals surface area contributed by atoms with Gasteiger partial charge in [0.1, 0.15) is 18.1 Å². The Morgan fingerprint density at radius 3 is 2.53 bits per heavy atom. The van der Waals surface area contributed by atoms with E-state index < -0.39 is 5.97 Å². The maximum Gasteiger partial charge on any atom is 0.335 e. The summed E-state index contributed by atoms with van der Waals surface area (Å²) in [6.45, 7) is 0.326. The summed E-state index contributed by atoms with van der Waals surface area (Å²) in [4.78, 5) is 10.9.